The number of nitrogens with one attached hydrogen (secondary N) is 2. The lowest BCUT2D eigenvalue weighted by molar-refractivity contribution is -0.124. The predicted octanol–water partition coefficient (Wildman–Crippen LogP) is 2.46. The highest BCUT2D eigenvalue weighted by Crippen LogP contribution is 2.37. The molecule has 3 rings (SSSR count). The summed E-state index contributed by atoms with van der Waals surface area (Å²) in [4.78, 5) is 33.7. The number of hydrogen-bond acceptors (Lipinski definition) is 8. The van der Waals surface area contributed by atoms with Crippen LogP contribution in [0.4, 0.5) is 0 Å². The maximum Gasteiger partial charge on any atom is 0.481 e. The van der Waals surface area contributed by atoms with Crippen molar-refractivity contribution < 1.29 is 28.4 Å². The summed E-state index contributed by atoms with van der Waals surface area (Å²) in [5.74, 6) is -0.927. The second kappa shape index (κ2) is 12.0. The van der Waals surface area contributed by atoms with Gasteiger partial charge in [0, 0.05) is 30.9 Å². The van der Waals surface area contributed by atoms with Gasteiger partial charge in [0.1, 0.15) is 17.5 Å². The molecule has 0 radical (unpaired) electrons. The van der Waals surface area contributed by atoms with Crippen LogP contribution in [-0.4, -0.2) is 72.4 Å². The first-order valence-corrected chi connectivity index (χ1v) is 12.0. The molecule has 1 saturated heterocycles. The molecule has 1 aliphatic rings. The number of benzene rings is 1. The molecule has 1 fully saturated rings. The Balaban J connectivity index is 1.71. The number of carbonyl (C=O) groups excluding carboxylic acids is 2. The fourth-order valence-electron chi connectivity index (χ4n) is 3.45. The Labute approximate surface area is 216 Å². The second-order valence-corrected chi connectivity index (χ2v) is 9.84. The van der Waals surface area contributed by atoms with Gasteiger partial charge in [0.2, 0.25) is 5.91 Å². The molecule has 194 valence electrons. The van der Waals surface area contributed by atoms with Gasteiger partial charge in [-0.2, -0.15) is 0 Å². The van der Waals surface area contributed by atoms with Gasteiger partial charge in [-0.05, 0) is 52.0 Å². The van der Waals surface area contributed by atoms with Crippen molar-refractivity contribution in [3.05, 3.63) is 53.6 Å². The van der Waals surface area contributed by atoms with E-state index >= 15 is 0 Å². The molecule has 1 aromatic carbocycles. The van der Waals surface area contributed by atoms with E-state index in [2.05, 4.69) is 20.6 Å². The molecule has 0 bridgehead atoms. The van der Waals surface area contributed by atoms with Gasteiger partial charge in [-0.25, -0.2) is 4.98 Å². The summed E-state index contributed by atoms with van der Waals surface area (Å²) in [6, 6.07) is 6.02. The predicted molar refractivity (Wildman–Crippen MR) is 135 cm³/mol. The Kier molecular flexibility index (Phi) is 9.29. The number of aromatic nitrogens is 2. The zero-order valence-electron chi connectivity index (χ0n) is 21.1. The van der Waals surface area contributed by atoms with Crippen LogP contribution < -0.4 is 15.4 Å². The van der Waals surface area contributed by atoms with Crippen LogP contribution in [0.2, 0.25) is 5.02 Å². The minimum absolute atomic E-state index is 0.0464. The van der Waals surface area contributed by atoms with Crippen LogP contribution in [-0.2, 0) is 18.8 Å². The molecule has 36 heavy (non-hydrogen) atoms. The third-order valence-electron chi connectivity index (χ3n) is 6.19. The number of carbonyl (C=O) groups is 2. The smallest absolute Gasteiger partial charge is 0.481 e. The third kappa shape index (κ3) is 7.16. The summed E-state index contributed by atoms with van der Waals surface area (Å²) in [5.41, 5.74) is -1.10. The van der Waals surface area contributed by atoms with E-state index < -0.39 is 42.1 Å². The van der Waals surface area contributed by atoms with E-state index in [0.717, 1.165) is 0 Å². The van der Waals surface area contributed by atoms with E-state index in [-0.39, 0.29) is 18.9 Å². The summed E-state index contributed by atoms with van der Waals surface area (Å²) < 4.78 is 23.4. The summed E-state index contributed by atoms with van der Waals surface area (Å²) in [6.07, 6.45) is 4.55. The topological polar surface area (TPSA) is 121 Å². The fourth-order valence-corrected chi connectivity index (χ4v) is 3.57. The lowest BCUT2D eigenvalue weighted by Crippen LogP contribution is -2.56. The molecule has 2 atom stereocenters. The number of ether oxygens (including phenoxy) is 2. The quantitative estimate of drug-likeness (QED) is 0.435. The highest BCUT2D eigenvalue weighted by molar-refractivity contribution is 6.48. The molecule has 10 nitrogen and oxygen atoms in total. The van der Waals surface area contributed by atoms with Gasteiger partial charge in [0.15, 0.2) is 0 Å². The highest BCUT2D eigenvalue weighted by atomic mass is 35.5. The average molecular weight is 519 g/mol. The van der Waals surface area contributed by atoms with Gasteiger partial charge < -0.3 is 29.4 Å². The molecular weight excluding hydrogens is 487 g/mol. The number of amides is 2. The van der Waals surface area contributed by atoms with Crippen LogP contribution in [0.5, 0.6) is 5.75 Å². The van der Waals surface area contributed by atoms with Crippen molar-refractivity contribution in [2.24, 2.45) is 0 Å². The van der Waals surface area contributed by atoms with Crippen LogP contribution in [0.15, 0.2) is 42.9 Å². The van der Waals surface area contributed by atoms with Gasteiger partial charge in [-0.1, -0.05) is 11.6 Å². The molecule has 1 aliphatic heterocycles. The summed E-state index contributed by atoms with van der Waals surface area (Å²) in [6.45, 7) is 7.97. The number of halogens is 1. The standard InChI is InChI=1S/C24H32BClN4O6/c1-23(2)24(3,4)36-25(35-23)20(10-13-34-17-8-6-16(26)7-9-17)30-22(32)19(15-33-5)29-21(31)18-14-27-11-12-28-18/h6-9,11-12,14,19-20H,10,13,15H2,1-5H3,(H,29,31)(H,30,32). The lowest BCUT2D eigenvalue weighted by atomic mass is 9.76. The molecule has 2 unspecified atom stereocenters. The van der Waals surface area contributed by atoms with Crippen molar-refractivity contribution in [3.63, 3.8) is 0 Å². The fraction of sp³-hybridized carbons (Fsp3) is 0.500. The molecular formula is C24H32BClN4O6. The zero-order valence-corrected chi connectivity index (χ0v) is 21.9. The van der Waals surface area contributed by atoms with Crippen molar-refractivity contribution in [1.82, 2.24) is 20.6 Å². The second-order valence-electron chi connectivity index (χ2n) is 9.40. The molecule has 0 saturated carbocycles. The van der Waals surface area contributed by atoms with E-state index in [1.165, 1.54) is 25.7 Å². The average Bonchev–Trinajstić information content (AvgIpc) is 3.06. The molecule has 2 N–H and O–H groups in total. The van der Waals surface area contributed by atoms with Crippen molar-refractivity contribution in [2.45, 2.75) is 57.3 Å². The maximum absolute atomic E-state index is 13.3. The van der Waals surface area contributed by atoms with Crippen LogP contribution in [0.1, 0.15) is 44.6 Å². The van der Waals surface area contributed by atoms with E-state index in [1.807, 2.05) is 27.7 Å². The normalized spacial score (nSPS) is 17.8. The van der Waals surface area contributed by atoms with E-state index in [0.29, 0.717) is 17.2 Å². The molecule has 2 aromatic rings. The van der Waals surface area contributed by atoms with E-state index in [1.54, 1.807) is 24.3 Å². The Morgan fingerprint density at radius 1 is 1.08 bits per heavy atom. The van der Waals surface area contributed by atoms with Crippen molar-refractivity contribution >= 4 is 30.5 Å². The highest BCUT2D eigenvalue weighted by Gasteiger charge is 2.54. The Morgan fingerprint density at radius 3 is 2.33 bits per heavy atom. The minimum atomic E-state index is -0.980. The Hall–Kier alpha value is -2.73. The third-order valence-corrected chi connectivity index (χ3v) is 6.44. The summed E-state index contributed by atoms with van der Waals surface area (Å²) >= 11 is 5.94. The first kappa shape index (κ1) is 27.9. The number of methoxy groups -OCH3 is 1. The van der Waals surface area contributed by atoms with Crippen LogP contribution in [0.3, 0.4) is 0 Å². The number of rotatable bonds is 11. The van der Waals surface area contributed by atoms with Gasteiger partial charge in [-0.15, -0.1) is 0 Å². The van der Waals surface area contributed by atoms with Crippen molar-refractivity contribution in [1.29, 1.82) is 0 Å². The minimum Gasteiger partial charge on any atom is -0.494 e. The number of nitrogens with zero attached hydrogens (tertiary/aromatic N) is 2. The monoisotopic (exact) mass is 518 g/mol. The first-order valence-electron chi connectivity index (χ1n) is 11.6. The molecule has 2 amide bonds. The molecule has 0 aliphatic carbocycles. The largest absolute Gasteiger partial charge is 0.494 e. The SMILES string of the molecule is COCC(NC(=O)c1cnccn1)C(=O)NC(CCOc1ccc(Cl)cc1)B1OC(C)(C)C(C)(C)O1. The van der Waals surface area contributed by atoms with E-state index in [4.69, 9.17) is 30.4 Å². The van der Waals surface area contributed by atoms with Gasteiger partial charge in [0.25, 0.3) is 5.91 Å². The number of hydrogen-bond donors (Lipinski definition) is 2. The van der Waals surface area contributed by atoms with E-state index in [9.17, 15) is 9.59 Å². The van der Waals surface area contributed by atoms with Crippen molar-refractivity contribution in [2.75, 3.05) is 20.3 Å². The van der Waals surface area contributed by atoms with Crippen molar-refractivity contribution in [3.8, 4) is 5.75 Å². The molecule has 2 heterocycles. The van der Waals surface area contributed by atoms with Gasteiger partial charge >= 0.3 is 7.12 Å². The Bertz CT molecular complexity index is 1010. The van der Waals surface area contributed by atoms with Crippen LogP contribution in [0, 0.1) is 0 Å². The zero-order chi connectivity index (χ0) is 26.3. The summed E-state index contributed by atoms with van der Waals surface area (Å²) in [5, 5.41) is 6.21. The van der Waals surface area contributed by atoms with Crippen LogP contribution >= 0.6 is 11.6 Å². The van der Waals surface area contributed by atoms with Gasteiger partial charge in [0.05, 0.1) is 36.6 Å². The molecule has 12 heteroatoms. The van der Waals surface area contributed by atoms with Gasteiger partial charge in [-0.3, -0.25) is 14.6 Å². The maximum atomic E-state index is 13.3. The van der Waals surface area contributed by atoms with Crippen LogP contribution in [0.25, 0.3) is 0 Å². The first-order chi connectivity index (χ1) is 17.0. The molecule has 1 aromatic heterocycles. The molecule has 0 spiro atoms. The lowest BCUT2D eigenvalue weighted by Gasteiger charge is -2.32. The Morgan fingerprint density at radius 2 is 1.75 bits per heavy atom. The summed E-state index contributed by atoms with van der Waals surface area (Å²) in [7, 11) is 0.715.